The molecule has 0 aliphatic heterocycles. The molecule has 10 heavy (non-hydrogen) atoms. The molecule has 0 rings (SSSR count). The molecular formula is C4H13O4PSi. The van der Waals surface area contributed by atoms with Crippen LogP contribution in [0.15, 0.2) is 0 Å². The van der Waals surface area contributed by atoms with E-state index in [2.05, 4.69) is 4.52 Å². The first-order valence-electron chi connectivity index (χ1n) is 2.91. The number of phosphoric ester groups is 1. The molecule has 0 spiro atoms. The minimum Gasteiger partial charge on any atom is -0.303 e. The van der Waals surface area contributed by atoms with Crippen LogP contribution in [0.2, 0.25) is 19.6 Å². The highest BCUT2D eigenvalue weighted by atomic mass is 31.2. The zero-order valence-corrected chi connectivity index (χ0v) is 8.26. The Hall–Kier alpha value is 0.327. The van der Waals surface area contributed by atoms with Gasteiger partial charge in [-0.25, -0.2) is 4.57 Å². The van der Waals surface area contributed by atoms with E-state index in [1.54, 1.807) is 0 Å². The van der Waals surface area contributed by atoms with E-state index in [0.29, 0.717) is 0 Å². The van der Waals surface area contributed by atoms with E-state index >= 15 is 0 Å². The van der Waals surface area contributed by atoms with Crippen molar-refractivity contribution in [3.05, 3.63) is 0 Å². The van der Waals surface area contributed by atoms with Gasteiger partial charge in [0.1, 0.15) is 0 Å². The highest BCUT2D eigenvalue weighted by Gasteiger charge is 2.20. The molecule has 0 atom stereocenters. The molecule has 0 aliphatic carbocycles. The predicted molar refractivity (Wildman–Crippen MR) is 41.3 cm³/mol. The van der Waals surface area contributed by atoms with Crippen molar-refractivity contribution in [1.29, 1.82) is 0 Å². The van der Waals surface area contributed by atoms with Gasteiger partial charge in [-0.15, -0.1) is 0 Å². The molecule has 0 saturated heterocycles. The Balaban J connectivity index is 3.67. The van der Waals surface area contributed by atoms with E-state index in [1.165, 1.54) is 0 Å². The molecule has 6 heteroatoms. The van der Waals surface area contributed by atoms with Crippen molar-refractivity contribution in [1.82, 2.24) is 0 Å². The Bertz CT molecular complexity index is 146. The topological polar surface area (TPSA) is 66.8 Å². The fourth-order valence-corrected chi connectivity index (χ4v) is 2.50. The van der Waals surface area contributed by atoms with Crippen LogP contribution in [-0.2, 0) is 9.09 Å². The van der Waals surface area contributed by atoms with E-state index < -0.39 is 15.9 Å². The molecule has 0 aromatic heterocycles. The van der Waals surface area contributed by atoms with Gasteiger partial charge in [0.25, 0.3) is 0 Å². The zero-order valence-electron chi connectivity index (χ0n) is 6.37. The first-order chi connectivity index (χ1) is 4.21. The minimum absolute atomic E-state index is 0.206. The maximum absolute atomic E-state index is 10.2. The summed E-state index contributed by atoms with van der Waals surface area (Å²) in [7, 11) is -5.71. The fourth-order valence-electron chi connectivity index (χ4n) is 0.278. The summed E-state index contributed by atoms with van der Waals surface area (Å²) in [4.78, 5) is 16.6. The van der Waals surface area contributed by atoms with E-state index in [4.69, 9.17) is 9.79 Å². The first-order valence-corrected chi connectivity index (χ1v) is 8.14. The van der Waals surface area contributed by atoms with Crippen molar-refractivity contribution in [2.24, 2.45) is 0 Å². The average molecular weight is 184 g/mol. The van der Waals surface area contributed by atoms with Crippen LogP contribution in [0.5, 0.6) is 0 Å². The molecule has 0 unspecified atom stereocenters. The Labute approximate surface area is 61.5 Å². The molecule has 0 radical (unpaired) electrons. The summed E-state index contributed by atoms with van der Waals surface area (Å²) < 4.78 is 14.5. The van der Waals surface area contributed by atoms with E-state index in [-0.39, 0.29) is 6.23 Å². The third-order valence-corrected chi connectivity index (χ3v) is 2.38. The van der Waals surface area contributed by atoms with Gasteiger partial charge in [0, 0.05) is 6.23 Å². The van der Waals surface area contributed by atoms with Gasteiger partial charge >= 0.3 is 7.82 Å². The van der Waals surface area contributed by atoms with Crippen LogP contribution in [0.4, 0.5) is 0 Å². The summed E-state index contributed by atoms with van der Waals surface area (Å²) in [6, 6.07) is 0. The van der Waals surface area contributed by atoms with Crippen LogP contribution >= 0.6 is 7.82 Å². The standard InChI is InChI=1S/C4H13O4PSi/c1-10(2,3)4-8-9(5,6)7/h4H2,1-3H3,(H2,5,6,7). The molecular weight excluding hydrogens is 171 g/mol. The lowest BCUT2D eigenvalue weighted by molar-refractivity contribution is 0.222. The monoisotopic (exact) mass is 184 g/mol. The van der Waals surface area contributed by atoms with Crippen LogP contribution in [0.3, 0.4) is 0 Å². The van der Waals surface area contributed by atoms with Crippen LogP contribution in [0.25, 0.3) is 0 Å². The highest BCUT2D eigenvalue weighted by molar-refractivity contribution is 7.46. The van der Waals surface area contributed by atoms with E-state index in [0.717, 1.165) is 0 Å². The van der Waals surface area contributed by atoms with Crippen molar-refractivity contribution < 1.29 is 18.9 Å². The maximum atomic E-state index is 10.2. The molecule has 0 aliphatic rings. The van der Waals surface area contributed by atoms with E-state index in [1.807, 2.05) is 19.6 Å². The van der Waals surface area contributed by atoms with Crippen molar-refractivity contribution in [3.8, 4) is 0 Å². The largest absolute Gasteiger partial charge is 0.469 e. The van der Waals surface area contributed by atoms with Gasteiger partial charge in [-0.05, 0) is 0 Å². The maximum Gasteiger partial charge on any atom is 0.469 e. The second-order valence-corrected chi connectivity index (χ2v) is 9.97. The lowest BCUT2D eigenvalue weighted by atomic mass is 11.7. The van der Waals surface area contributed by atoms with Crippen molar-refractivity contribution in [2.75, 3.05) is 6.23 Å². The number of phosphoric acid groups is 1. The van der Waals surface area contributed by atoms with Gasteiger partial charge in [-0.3, -0.25) is 4.52 Å². The Kier molecular flexibility index (Phi) is 3.25. The average Bonchev–Trinajstić information content (AvgIpc) is 1.57. The molecule has 4 nitrogen and oxygen atoms in total. The van der Waals surface area contributed by atoms with Gasteiger partial charge in [0.2, 0.25) is 0 Å². The highest BCUT2D eigenvalue weighted by Crippen LogP contribution is 2.36. The third-order valence-electron chi connectivity index (χ3n) is 0.666. The molecule has 2 N–H and O–H groups in total. The molecule has 0 saturated carbocycles. The Morgan fingerprint density at radius 3 is 1.90 bits per heavy atom. The molecule has 0 amide bonds. The summed E-state index contributed by atoms with van der Waals surface area (Å²) in [6.45, 7) is 5.92. The summed E-state index contributed by atoms with van der Waals surface area (Å²) in [5, 5.41) is 0. The zero-order chi connectivity index (χ0) is 8.41. The second kappa shape index (κ2) is 3.15. The smallest absolute Gasteiger partial charge is 0.303 e. The number of hydrogen-bond acceptors (Lipinski definition) is 2. The summed E-state index contributed by atoms with van der Waals surface area (Å²) in [5.41, 5.74) is 0. The van der Waals surface area contributed by atoms with Gasteiger partial charge < -0.3 is 9.79 Å². The summed E-state index contributed by atoms with van der Waals surface area (Å²) in [5.74, 6) is 0. The normalized spacial score (nSPS) is 13.7. The quantitative estimate of drug-likeness (QED) is 0.506. The SMILES string of the molecule is C[Si](C)(C)COP(=O)(O)O. The fraction of sp³-hybridized carbons (Fsp3) is 1.00. The first kappa shape index (κ1) is 10.3. The van der Waals surface area contributed by atoms with Crippen molar-refractivity contribution >= 4 is 15.9 Å². The van der Waals surface area contributed by atoms with Crippen molar-refractivity contribution in [3.63, 3.8) is 0 Å². The number of rotatable bonds is 3. The van der Waals surface area contributed by atoms with Gasteiger partial charge in [0.05, 0.1) is 8.07 Å². The lowest BCUT2D eigenvalue weighted by Crippen LogP contribution is -2.27. The lowest BCUT2D eigenvalue weighted by Gasteiger charge is -2.15. The number of hydrogen-bond donors (Lipinski definition) is 2. The molecule has 62 valence electrons. The van der Waals surface area contributed by atoms with Gasteiger partial charge in [0.15, 0.2) is 0 Å². The molecule has 0 heterocycles. The van der Waals surface area contributed by atoms with Gasteiger partial charge in [-0.2, -0.15) is 0 Å². The summed E-state index contributed by atoms with van der Waals surface area (Å²) >= 11 is 0. The third kappa shape index (κ3) is 8.33. The van der Waals surface area contributed by atoms with Crippen LogP contribution in [0.1, 0.15) is 0 Å². The Morgan fingerprint density at radius 1 is 1.40 bits per heavy atom. The summed E-state index contributed by atoms with van der Waals surface area (Å²) in [6.07, 6.45) is 0.206. The van der Waals surface area contributed by atoms with Crippen LogP contribution in [0, 0.1) is 0 Å². The second-order valence-electron chi connectivity index (χ2n) is 3.32. The van der Waals surface area contributed by atoms with E-state index in [9.17, 15) is 4.57 Å². The molecule has 0 bridgehead atoms. The van der Waals surface area contributed by atoms with Crippen LogP contribution < -0.4 is 0 Å². The molecule has 0 fully saturated rings. The predicted octanol–water partition coefficient (Wildman–Crippen LogP) is 0.973. The van der Waals surface area contributed by atoms with Crippen molar-refractivity contribution in [2.45, 2.75) is 19.6 Å². The molecule has 0 aromatic rings. The Morgan fingerprint density at radius 2 is 1.80 bits per heavy atom. The minimum atomic E-state index is -4.23. The molecule has 0 aromatic carbocycles. The van der Waals surface area contributed by atoms with Gasteiger partial charge in [-0.1, -0.05) is 19.6 Å². The van der Waals surface area contributed by atoms with Crippen LogP contribution in [-0.4, -0.2) is 24.1 Å².